The number of nitrogens with two attached hydrogens (primary N) is 1. The molecule has 1 aromatic carbocycles. The van der Waals surface area contributed by atoms with Crippen molar-refractivity contribution in [3.8, 4) is 11.8 Å². The van der Waals surface area contributed by atoms with Gasteiger partial charge in [0.1, 0.15) is 0 Å². The lowest BCUT2D eigenvalue weighted by Crippen LogP contribution is -2.34. The third-order valence-electron chi connectivity index (χ3n) is 1.58. The Morgan fingerprint density at radius 1 is 1.67 bits per heavy atom. The molecule has 3 N–H and O–H groups in total. The molecule has 0 aliphatic heterocycles. The predicted molar refractivity (Wildman–Crippen MR) is 48.9 cm³/mol. The summed E-state index contributed by atoms with van der Waals surface area (Å²) in [6.45, 7) is -0.376. The van der Waals surface area contributed by atoms with Crippen molar-refractivity contribution in [3.05, 3.63) is 29.6 Å². The SMILES string of the molecule is N#Cc1ccc(OCC(=O)NN)c(F)c1. The highest BCUT2D eigenvalue weighted by Crippen LogP contribution is 2.17. The van der Waals surface area contributed by atoms with E-state index in [1.165, 1.54) is 12.1 Å². The van der Waals surface area contributed by atoms with E-state index in [1.54, 1.807) is 6.07 Å². The van der Waals surface area contributed by atoms with Gasteiger partial charge in [0.25, 0.3) is 5.91 Å². The summed E-state index contributed by atoms with van der Waals surface area (Å²) in [4.78, 5) is 10.7. The summed E-state index contributed by atoms with van der Waals surface area (Å²) in [5.74, 6) is 3.44. The Kier molecular flexibility index (Phi) is 3.60. The molecule has 0 radical (unpaired) electrons. The van der Waals surface area contributed by atoms with Gasteiger partial charge in [-0.15, -0.1) is 0 Å². The highest BCUT2D eigenvalue weighted by Gasteiger charge is 2.06. The molecule has 0 saturated carbocycles. The first-order valence-corrected chi connectivity index (χ1v) is 3.99. The summed E-state index contributed by atoms with van der Waals surface area (Å²) < 4.78 is 18.0. The summed E-state index contributed by atoms with van der Waals surface area (Å²) in [5, 5.41) is 8.47. The topological polar surface area (TPSA) is 88.1 Å². The van der Waals surface area contributed by atoms with Crippen molar-refractivity contribution in [2.45, 2.75) is 0 Å². The van der Waals surface area contributed by atoms with Crippen molar-refractivity contribution in [2.75, 3.05) is 6.61 Å². The van der Waals surface area contributed by atoms with Crippen LogP contribution >= 0.6 is 0 Å². The van der Waals surface area contributed by atoms with Gasteiger partial charge in [0.05, 0.1) is 11.6 Å². The molecule has 0 aliphatic rings. The fourth-order valence-electron chi connectivity index (χ4n) is 0.872. The molecule has 6 heteroatoms. The number of carbonyl (C=O) groups excluding carboxylic acids is 1. The molecule has 0 bridgehead atoms. The summed E-state index contributed by atoms with van der Waals surface area (Å²) in [6.07, 6.45) is 0. The van der Waals surface area contributed by atoms with Crippen molar-refractivity contribution in [3.63, 3.8) is 0 Å². The number of rotatable bonds is 3. The fourth-order valence-corrected chi connectivity index (χ4v) is 0.872. The lowest BCUT2D eigenvalue weighted by atomic mass is 10.2. The molecule has 0 heterocycles. The molecular formula is C9H8FN3O2. The van der Waals surface area contributed by atoms with Crippen LogP contribution in [0.1, 0.15) is 5.56 Å². The van der Waals surface area contributed by atoms with Crippen LogP contribution in [0.5, 0.6) is 5.75 Å². The molecule has 15 heavy (non-hydrogen) atoms. The predicted octanol–water partition coefficient (Wildman–Crippen LogP) is 0.0661. The van der Waals surface area contributed by atoms with Crippen molar-refractivity contribution in [1.82, 2.24) is 5.43 Å². The number of hydrazine groups is 1. The molecule has 0 atom stereocenters. The molecule has 0 spiro atoms. The lowest BCUT2D eigenvalue weighted by Gasteiger charge is -2.05. The summed E-state index contributed by atoms with van der Waals surface area (Å²) >= 11 is 0. The van der Waals surface area contributed by atoms with E-state index < -0.39 is 11.7 Å². The lowest BCUT2D eigenvalue weighted by molar-refractivity contribution is -0.123. The van der Waals surface area contributed by atoms with Crippen LogP contribution in [0.3, 0.4) is 0 Å². The second-order valence-corrected chi connectivity index (χ2v) is 2.61. The Morgan fingerprint density at radius 2 is 2.40 bits per heavy atom. The van der Waals surface area contributed by atoms with Crippen LogP contribution in [0.2, 0.25) is 0 Å². The van der Waals surface area contributed by atoms with Gasteiger partial charge in [-0.25, -0.2) is 10.2 Å². The van der Waals surface area contributed by atoms with E-state index in [-0.39, 0.29) is 17.9 Å². The molecule has 0 saturated heterocycles. The van der Waals surface area contributed by atoms with Crippen LogP contribution in [-0.2, 0) is 4.79 Å². The first-order valence-electron chi connectivity index (χ1n) is 3.99. The van der Waals surface area contributed by atoms with E-state index in [9.17, 15) is 9.18 Å². The van der Waals surface area contributed by atoms with Crippen molar-refractivity contribution in [1.29, 1.82) is 5.26 Å². The maximum Gasteiger partial charge on any atom is 0.271 e. The number of hydrogen-bond acceptors (Lipinski definition) is 4. The van der Waals surface area contributed by atoms with Gasteiger partial charge >= 0.3 is 0 Å². The van der Waals surface area contributed by atoms with E-state index in [4.69, 9.17) is 15.8 Å². The number of nitrogens with zero attached hydrogens (tertiary/aromatic N) is 1. The zero-order valence-electron chi connectivity index (χ0n) is 7.66. The zero-order valence-corrected chi connectivity index (χ0v) is 7.66. The number of halogens is 1. The average molecular weight is 209 g/mol. The Hall–Kier alpha value is -2.13. The van der Waals surface area contributed by atoms with Crippen LogP contribution in [-0.4, -0.2) is 12.5 Å². The van der Waals surface area contributed by atoms with Crippen LogP contribution in [0.25, 0.3) is 0 Å². The van der Waals surface area contributed by atoms with E-state index in [2.05, 4.69) is 0 Å². The molecular weight excluding hydrogens is 201 g/mol. The highest BCUT2D eigenvalue weighted by molar-refractivity contribution is 5.76. The Balaban J connectivity index is 2.71. The smallest absolute Gasteiger partial charge is 0.271 e. The second kappa shape index (κ2) is 4.93. The number of benzene rings is 1. The zero-order chi connectivity index (χ0) is 11.3. The largest absolute Gasteiger partial charge is 0.481 e. The Bertz CT molecular complexity index is 414. The number of hydrogen-bond donors (Lipinski definition) is 2. The maximum absolute atomic E-state index is 13.2. The van der Waals surface area contributed by atoms with Crippen LogP contribution in [0.4, 0.5) is 4.39 Å². The van der Waals surface area contributed by atoms with Crippen LogP contribution in [0.15, 0.2) is 18.2 Å². The van der Waals surface area contributed by atoms with Crippen LogP contribution < -0.4 is 16.0 Å². The number of amides is 1. The number of nitrogens with one attached hydrogen (secondary N) is 1. The quantitative estimate of drug-likeness (QED) is 0.418. The second-order valence-electron chi connectivity index (χ2n) is 2.61. The summed E-state index contributed by atoms with van der Waals surface area (Å²) in [7, 11) is 0. The summed E-state index contributed by atoms with van der Waals surface area (Å²) in [5.41, 5.74) is 2.02. The minimum atomic E-state index is -0.695. The highest BCUT2D eigenvalue weighted by atomic mass is 19.1. The Morgan fingerprint density at radius 3 is 2.93 bits per heavy atom. The third kappa shape index (κ3) is 2.93. The maximum atomic E-state index is 13.2. The molecule has 0 aliphatic carbocycles. The molecule has 1 rings (SSSR count). The van der Waals surface area contributed by atoms with Gasteiger partial charge in [0, 0.05) is 0 Å². The number of ether oxygens (including phenoxy) is 1. The van der Waals surface area contributed by atoms with Gasteiger partial charge in [-0.3, -0.25) is 10.2 Å². The van der Waals surface area contributed by atoms with E-state index in [0.29, 0.717) is 0 Å². The first-order chi connectivity index (χ1) is 7.17. The normalized spacial score (nSPS) is 9.13. The molecule has 5 nitrogen and oxygen atoms in total. The molecule has 0 aromatic heterocycles. The van der Waals surface area contributed by atoms with E-state index in [1.807, 2.05) is 5.43 Å². The molecule has 78 valence electrons. The monoisotopic (exact) mass is 209 g/mol. The summed E-state index contributed by atoms with van der Waals surface area (Å²) in [6, 6.07) is 5.46. The minimum absolute atomic E-state index is 0.0994. The molecule has 1 amide bonds. The minimum Gasteiger partial charge on any atom is -0.481 e. The van der Waals surface area contributed by atoms with Gasteiger partial charge in [0.15, 0.2) is 18.2 Å². The standard InChI is InChI=1S/C9H8FN3O2/c10-7-3-6(4-11)1-2-8(7)15-5-9(14)13-12/h1-3H,5,12H2,(H,13,14). The number of nitriles is 1. The van der Waals surface area contributed by atoms with Crippen molar-refractivity contribution < 1.29 is 13.9 Å². The van der Waals surface area contributed by atoms with Gasteiger partial charge in [-0.05, 0) is 18.2 Å². The third-order valence-corrected chi connectivity index (χ3v) is 1.58. The average Bonchev–Trinajstić information content (AvgIpc) is 2.26. The van der Waals surface area contributed by atoms with E-state index in [0.717, 1.165) is 6.07 Å². The van der Waals surface area contributed by atoms with Gasteiger partial charge in [0.2, 0.25) is 0 Å². The van der Waals surface area contributed by atoms with E-state index >= 15 is 0 Å². The van der Waals surface area contributed by atoms with Gasteiger partial charge < -0.3 is 4.74 Å². The molecule has 0 unspecified atom stereocenters. The van der Waals surface area contributed by atoms with Crippen molar-refractivity contribution >= 4 is 5.91 Å². The Labute approximate surface area is 85.2 Å². The fraction of sp³-hybridized carbons (Fsp3) is 0.111. The van der Waals surface area contributed by atoms with Crippen LogP contribution in [0, 0.1) is 17.1 Å². The molecule has 0 fully saturated rings. The van der Waals surface area contributed by atoms with Gasteiger partial charge in [-0.1, -0.05) is 0 Å². The first kappa shape index (κ1) is 10.9. The number of carbonyl (C=O) groups is 1. The van der Waals surface area contributed by atoms with Gasteiger partial charge in [-0.2, -0.15) is 5.26 Å². The molecule has 1 aromatic rings. The van der Waals surface area contributed by atoms with Crippen molar-refractivity contribution in [2.24, 2.45) is 5.84 Å².